The number of nitrogens with zero attached hydrogens (tertiary/aromatic N) is 3. The number of rotatable bonds is 8. The number of nitriles is 1. The van der Waals surface area contributed by atoms with Crippen LogP contribution in [0.5, 0.6) is 0 Å². The van der Waals surface area contributed by atoms with Crippen molar-refractivity contribution in [2.75, 3.05) is 13.1 Å². The van der Waals surface area contributed by atoms with Crippen molar-refractivity contribution in [3.63, 3.8) is 0 Å². The zero-order valence-corrected chi connectivity index (χ0v) is 21.0. The summed E-state index contributed by atoms with van der Waals surface area (Å²) in [6.07, 6.45) is -3.74. The first-order chi connectivity index (χ1) is 17.7. The zero-order valence-electron chi connectivity index (χ0n) is 21.0. The number of pyridine rings is 1. The third-order valence-electron chi connectivity index (χ3n) is 8.67. The van der Waals surface area contributed by atoms with Crippen LogP contribution in [-0.2, 0) is 25.6 Å². The third kappa shape index (κ3) is 3.97. The molecule has 4 N–H and O–H groups in total. The predicted molar refractivity (Wildman–Crippen MR) is 125 cm³/mol. The lowest BCUT2D eigenvalue weighted by atomic mass is 9.71. The fourth-order valence-electron chi connectivity index (χ4n) is 6.64. The smallest absolute Gasteiger partial charge is 0.368 e. The van der Waals surface area contributed by atoms with E-state index in [2.05, 4.69) is 16.4 Å². The van der Waals surface area contributed by atoms with Gasteiger partial charge < -0.3 is 21.3 Å². The van der Waals surface area contributed by atoms with Crippen molar-refractivity contribution in [2.45, 2.75) is 57.3 Å². The SMILES string of the molecule is CC1(C)C2CN(C(=O)[C@H](Cc3ccccn3)NC(=O)C(F)(F)F)C(CC[C@H]3CCNC3=O)(C(N)=O)[C@]21C#N. The summed E-state index contributed by atoms with van der Waals surface area (Å²) in [4.78, 5) is 56.5. The van der Waals surface area contributed by atoms with Gasteiger partial charge in [-0.3, -0.25) is 24.2 Å². The molecule has 2 saturated heterocycles. The normalized spacial score (nSPS) is 30.1. The standard InChI is InChI=1S/C25H29F3N6O4/c1-22(2)17-12-34(19(36)16(33-21(38)25(26,27)28)11-15-5-3-4-9-31-15)24(20(30)37,23(17,22)13-29)8-6-14-7-10-32-18(14)35/h3-5,9,14,16-17H,6-8,10-12H2,1-2H3,(H2,30,37)(H,32,35)(H,33,38)/t14-,16-,17?,23+,24?/m0/s1. The molecule has 10 nitrogen and oxygen atoms in total. The molecule has 2 aliphatic heterocycles. The molecule has 4 amide bonds. The quantitative estimate of drug-likeness (QED) is 0.448. The number of aromatic nitrogens is 1. The number of halogens is 3. The molecule has 1 saturated carbocycles. The van der Waals surface area contributed by atoms with E-state index < -0.39 is 58.1 Å². The maximum absolute atomic E-state index is 13.9. The van der Waals surface area contributed by atoms with Crippen LogP contribution in [0.15, 0.2) is 24.4 Å². The van der Waals surface area contributed by atoms with Gasteiger partial charge in [-0.05, 0) is 36.8 Å². The number of carbonyl (C=O) groups is 4. The molecular weight excluding hydrogens is 505 g/mol. The molecule has 38 heavy (non-hydrogen) atoms. The van der Waals surface area contributed by atoms with Gasteiger partial charge in [0.15, 0.2) is 0 Å². The topological polar surface area (TPSA) is 158 Å². The highest BCUT2D eigenvalue weighted by molar-refractivity contribution is 5.97. The Bertz CT molecular complexity index is 1200. The second-order valence-electron chi connectivity index (χ2n) is 10.7. The van der Waals surface area contributed by atoms with Gasteiger partial charge in [0.05, 0.1) is 6.07 Å². The molecule has 1 aromatic heterocycles. The Hall–Kier alpha value is -3.69. The summed E-state index contributed by atoms with van der Waals surface area (Å²) in [5.41, 5.74) is 2.16. The van der Waals surface area contributed by atoms with Gasteiger partial charge in [-0.1, -0.05) is 19.9 Å². The Morgan fingerprint density at radius 3 is 2.58 bits per heavy atom. The number of carbonyl (C=O) groups excluding carboxylic acids is 4. The second kappa shape index (κ2) is 9.25. The van der Waals surface area contributed by atoms with Gasteiger partial charge in [0, 0.05) is 43.2 Å². The van der Waals surface area contributed by atoms with E-state index in [-0.39, 0.29) is 37.4 Å². The lowest BCUT2D eigenvalue weighted by Crippen LogP contribution is -2.66. The fraction of sp³-hybridized carbons (Fsp3) is 0.600. The Morgan fingerprint density at radius 2 is 2.05 bits per heavy atom. The summed E-state index contributed by atoms with van der Waals surface area (Å²) < 4.78 is 39.5. The van der Waals surface area contributed by atoms with Crippen LogP contribution in [0.4, 0.5) is 13.2 Å². The largest absolute Gasteiger partial charge is 0.471 e. The van der Waals surface area contributed by atoms with Gasteiger partial charge in [-0.25, -0.2) is 0 Å². The maximum Gasteiger partial charge on any atom is 0.471 e. The van der Waals surface area contributed by atoms with Gasteiger partial charge in [0.25, 0.3) is 0 Å². The summed E-state index contributed by atoms with van der Waals surface area (Å²) in [7, 11) is 0. The number of primary amides is 1. The maximum atomic E-state index is 13.9. The minimum absolute atomic E-state index is 0.111. The van der Waals surface area contributed by atoms with Crippen molar-refractivity contribution in [2.24, 2.45) is 28.4 Å². The van der Waals surface area contributed by atoms with Gasteiger partial charge in [0.1, 0.15) is 17.0 Å². The summed E-state index contributed by atoms with van der Waals surface area (Å²) >= 11 is 0. The predicted octanol–water partition coefficient (Wildman–Crippen LogP) is 0.820. The molecule has 1 aromatic rings. The molecule has 0 bridgehead atoms. The van der Waals surface area contributed by atoms with Crippen LogP contribution in [0.3, 0.4) is 0 Å². The fourth-order valence-corrected chi connectivity index (χ4v) is 6.64. The van der Waals surface area contributed by atoms with Crippen LogP contribution in [0.25, 0.3) is 0 Å². The van der Waals surface area contributed by atoms with Crippen LogP contribution < -0.4 is 16.4 Å². The summed E-state index contributed by atoms with van der Waals surface area (Å²) in [5, 5.41) is 14.8. The average Bonchev–Trinajstić information content (AvgIpc) is 3.15. The van der Waals surface area contributed by atoms with E-state index in [4.69, 9.17) is 5.73 Å². The molecule has 5 atom stereocenters. The Morgan fingerprint density at radius 1 is 1.34 bits per heavy atom. The first kappa shape index (κ1) is 27.3. The highest BCUT2D eigenvalue weighted by atomic mass is 19.4. The monoisotopic (exact) mass is 534 g/mol. The number of nitrogens with one attached hydrogen (secondary N) is 2. The number of hydrogen-bond donors (Lipinski definition) is 3. The van der Waals surface area contributed by atoms with E-state index in [0.717, 1.165) is 4.90 Å². The molecule has 0 spiro atoms. The van der Waals surface area contributed by atoms with Crippen LogP contribution in [0.1, 0.15) is 38.8 Å². The first-order valence-corrected chi connectivity index (χ1v) is 12.3. The molecule has 0 radical (unpaired) electrons. The molecule has 3 fully saturated rings. The Balaban J connectivity index is 1.74. The highest BCUT2D eigenvalue weighted by Crippen LogP contribution is 2.79. The van der Waals surface area contributed by atoms with E-state index in [1.807, 2.05) is 0 Å². The zero-order chi connectivity index (χ0) is 28.1. The van der Waals surface area contributed by atoms with Gasteiger partial charge in [-0.2, -0.15) is 18.4 Å². The lowest BCUT2D eigenvalue weighted by molar-refractivity contribution is -0.175. The number of likely N-dealkylation sites (tertiary alicyclic amines) is 1. The summed E-state index contributed by atoms with van der Waals surface area (Å²) in [5.74, 6) is -5.43. The number of alkyl halides is 3. The van der Waals surface area contributed by atoms with E-state index in [1.54, 1.807) is 31.3 Å². The third-order valence-corrected chi connectivity index (χ3v) is 8.67. The minimum atomic E-state index is -5.26. The van der Waals surface area contributed by atoms with Crippen LogP contribution >= 0.6 is 0 Å². The molecule has 3 heterocycles. The van der Waals surface area contributed by atoms with E-state index in [9.17, 15) is 37.6 Å². The highest BCUT2D eigenvalue weighted by Gasteiger charge is 2.87. The summed E-state index contributed by atoms with van der Waals surface area (Å²) in [6.45, 7) is 3.89. The van der Waals surface area contributed by atoms with Crippen molar-refractivity contribution in [1.29, 1.82) is 5.26 Å². The van der Waals surface area contributed by atoms with Crippen molar-refractivity contribution in [3.8, 4) is 6.07 Å². The Kier molecular flexibility index (Phi) is 6.66. The molecule has 13 heteroatoms. The Labute approximate surface area is 217 Å². The van der Waals surface area contributed by atoms with Gasteiger partial charge in [-0.15, -0.1) is 0 Å². The molecule has 3 aliphatic rings. The number of hydrogen-bond acceptors (Lipinski definition) is 6. The van der Waals surface area contributed by atoms with Crippen LogP contribution in [0, 0.1) is 34.0 Å². The minimum Gasteiger partial charge on any atom is -0.368 e. The van der Waals surface area contributed by atoms with Crippen molar-refractivity contribution in [1.82, 2.24) is 20.5 Å². The summed E-state index contributed by atoms with van der Waals surface area (Å²) in [6, 6.07) is 5.14. The van der Waals surface area contributed by atoms with Crippen LogP contribution in [-0.4, -0.2) is 64.4 Å². The van der Waals surface area contributed by atoms with Gasteiger partial charge in [0.2, 0.25) is 17.7 Å². The number of amides is 4. The van der Waals surface area contributed by atoms with Crippen molar-refractivity contribution >= 4 is 23.6 Å². The molecule has 0 aromatic carbocycles. The number of piperidine rings is 1. The average molecular weight is 535 g/mol. The number of fused-ring (bicyclic) bond motifs is 1. The second-order valence-corrected chi connectivity index (χ2v) is 10.7. The van der Waals surface area contributed by atoms with Gasteiger partial charge >= 0.3 is 12.1 Å². The molecule has 204 valence electrons. The molecule has 4 rings (SSSR count). The van der Waals surface area contributed by atoms with E-state index in [0.29, 0.717) is 13.0 Å². The first-order valence-electron chi connectivity index (χ1n) is 12.3. The van der Waals surface area contributed by atoms with Crippen molar-refractivity contribution in [3.05, 3.63) is 30.1 Å². The van der Waals surface area contributed by atoms with Crippen molar-refractivity contribution < 1.29 is 32.3 Å². The van der Waals surface area contributed by atoms with E-state index >= 15 is 0 Å². The molecule has 2 unspecified atom stereocenters. The van der Waals surface area contributed by atoms with E-state index in [1.165, 1.54) is 12.3 Å². The number of nitrogens with two attached hydrogens (primary N) is 1. The molecule has 1 aliphatic carbocycles. The molecular formula is C25H29F3N6O4. The van der Waals surface area contributed by atoms with Crippen LogP contribution in [0.2, 0.25) is 0 Å². The lowest BCUT2D eigenvalue weighted by Gasteiger charge is -2.45.